The number of hydrogen-bond donors (Lipinski definition) is 0. The first-order valence-electron chi connectivity index (χ1n) is 9.70. The maximum absolute atomic E-state index is 12.8. The summed E-state index contributed by atoms with van der Waals surface area (Å²) in [5, 5.41) is 9.97. The molecule has 0 N–H and O–H groups in total. The molecule has 138 valence electrons. The lowest BCUT2D eigenvalue weighted by atomic mass is 10.2. The lowest BCUT2D eigenvalue weighted by molar-refractivity contribution is -0.132. The van der Waals surface area contributed by atoms with Crippen LogP contribution in [0.15, 0.2) is 42.6 Å². The zero-order chi connectivity index (χ0) is 18.2. The number of hydrogen-bond acceptors (Lipinski definition) is 4. The van der Waals surface area contributed by atoms with E-state index < -0.39 is 0 Å². The van der Waals surface area contributed by atoms with Crippen LogP contribution in [0.1, 0.15) is 17.7 Å². The lowest BCUT2D eigenvalue weighted by Crippen LogP contribution is -2.49. The average molecular weight is 361 g/mol. The number of aromatic nitrogens is 3. The van der Waals surface area contributed by atoms with Crippen LogP contribution in [0.4, 0.5) is 5.82 Å². The first-order chi connectivity index (χ1) is 13.3. The minimum atomic E-state index is 0.177. The Balaban J connectivity index is 1.23. The van der Waals surface area contributed by atoms with Crippen LogP contribution in [0.25, 0.3) is 10.9 Å². The van der Waals surface area contributed by atoms with Crippen molar-refractivity contribution in [1.82, 2.24) is 19.7 Å². The number of piperazine rings is 1. The molecule has 0 unspecified atom stereocenters. The minimum Gasteiger partial charge on any atom is -0.352 e. The van der Waals surface area contributed by atoms with E-state index in [0.717, 1.165) is 56.0 Å². The highest BCUT2D eigenvalue weighted by atomic mass is 16.2. The van der Waals surface area contributed by atoms with Crippen molar-refractivity contribution in [3.8, 4) is 0 Å². The van der Waals surface area contributed by atoms with E-state index in [1.54, 1.807) is 0 Å². The van der Waals surface area contributed by atoms with E-state index in [1.165, 1.54) is 17.4 Å². The van der Waals surface area contributed by atoms with Crippen molar-refractivity contribution in [1.29, 1.82) is 0 Å². The SMILES string of the molecule is O=C(Cn1ccc2ccccc21)N1CCN(c2cc3c(nn2)CCC3)CC1. The second kappa shape index (κ2) is 6.68. The summed E-state index contributed by atoms with van der Waals surface area (Å²) in [6.07, 6.45) is 5.35. The highest BCUT2D eigenvalue weighted by molar-refractivity contribution is 5.83. The second-order valence-electron chi connectivity index (χ2n) is 7.40. The van der Waals surface area contributed by atoms with Crippen molar-refractivity contribution in [3.05, 3.63) is 53.9 Å². The molecule has 1 saturated heterocycles. The summed E-state index contributed by atoms with van der Waals surface area (Å²) in [7, 11) is 0. The number of carbonyl (C=O) groups is 1. The Morgan fingerprint density at radius 3 is 2.74 bits per heavy atom. The molecule has 6 nitrogen and oxygen atoms in total. The van der Waals surface area contributed by atoms with Crippen LogP contribution < -0.4 is 4.90 Å². The fourth-order valence-corrected chi connectivity index (χ4v) is 4.18. The Morgan fingerprint density at radius 1 is 1.00 bits per heavy atom. The molecule has 2 aromatic heterocycles. The summed E-state index contributed by atoms with van der Waals surface area (Å²) in [4.78, 5) is 17.0. The third-order valence-corrected chi connectivity index (χ3v) is 5.75. The molecule has 27 heavy (non-hydrogen) atoms. The summed E-state index contributed by atoms with van der Waals surface area (Å²) in [6.45, 7) is 3.48. The van der Waals surface area contributed by atoms with Gasteiger partial charge >= 0.3 is 0 Å². The van der Waals surface area contributed by atoms with Crippen molar-refractivity contribution in [2.24, 2.45) is 0 Å². The highest BCUT2D eigenvalue weighted by Crippen LogP contribution is 2.23. The zero-order valence-electron chi connectivity index (χ0n) is 15.3. The number of fused-ring (bicyclic) bond motifs is 2. The van der Waals surface area contributed by atoms with Crippen molar-refractivity contribution in [3.63, 3.8) is 0 Å². The Kier molecular flexibility index (Phi) is 4.03. The van der Waals surface area contributed by atoms with Crippen LogP contribution in [0.5, 0.6) is 0 Å². The van der Waals surface area contributed by atoms with E-state index in [9.17, 15) is 4.79 Å². The fourth-order valence-electron chi connectivity index (χ4n) is 4.18. The molecular weight excluding hydrogens is 338 g/mol. The number of aryl methyl sites for hydroxylation is 2. The minimum absolute atomic E-state index is 0.177. The Bertz CT molecular complexity index is 987. The maximum atomic E-state index is 12.8. The summed E-state index contributed by atoms with van der Waals surface area (Å²) >= 11 is 0. The number of para-hydroxylation sites is 1. The van der Waals surface area contributed by atoms with Crippen molar-refractivity contribution >= 4 is 22.6 Å². The maximum Gasteiger partial charge on any atom is 0.242 e. The van der Waals surface area contributed by atoms with Gasteiger partial charge in [0.2, 0.25) is 5.91 Å². The molecule has 5 rings (SSSR count). The standard InChI is InChI=1S/C21H23N5O/c27-21(15-26-9-8-16-4-1-2-7-19(16)26)25-12-10-24(11-13-25)20-14-17-5-3-6-18(17)22-23-20/h1-2,4,7-9,14H,3,5-6,10-13,15H2. The molecule has 2 aliphatic rings. The molecule has 3 heterocycles. The van der Waals surface area contributed by atoms with E-state index in [0.29, 0.717) is 6.54 Å². The summed E-state index contributed by atoms with van der Waals surface area (Å²) < 4.78 is 2.04. The molecule has 0 bridgehead atoms. The first-order valence-corrected chi connectivity index (χ1v) is 9.70. The normalized spacial score (nSPS) is 16.7. The molecule has 1 fully saturated rings. The monoisotopic (exact) mass is 361 g/mol. The Hall–Kier alpha value is -2.89. The summed E-state index contributed by atoms with van der Waals surface area (Å²) in [5.41, 5.74) is 3.61. The predicted octanol–water partition coefficient (Wildman–Crippen LogP) is 2.27. The number of carbonyl (C=O) groups excluding carboxylic acids is 1. The molecule has 0 atom stereocenters. The van der Waals surface area contributed by atoms with Crippen LogP contribution in [0.2, 0.25) is 0 Å². The number of amides is 1. The molecule has 0 saturated carbocycles. The van der Waals surface area contributed by atoms with E-state index in [4.69, 9.17) is 0 Å². The van der Waals surface area contributed by atoms with Crippen LogP contribution in [0.3, 0.4) is 0 Å². The number of benzene rings is 1. The molecule has 0 spiro atoms. The van der Waals surface area contributed by atoms with Gasteiger partial charge in [-0.05, 0) is 48.4 Å². The van der Waals surface area contributed by atoms with E-state index in [-0.39, 0.29) is 5.91 Å². The van der Waals surface area contributed by atoms with E-state index in [1.807, 2.05) is 27.8 Å². The zero-order valence-corrected chi connectivity index (χ0v) is 15.3. The van der Waals surface area contributed by atoms with Crippen LogP contribution >= 0.6 is 0 Å². The van der Waals surface area contributed by atoms with E-state index >= 15 is 0 Å². The van der Waals surface area contributed by atoms with Gasteiger partial charge in [-0.25, -0.2) is 0 Å². The van der Waals surface area contributed by atoms with Gasteiger partial charge in [0.25, 0.3) is 0 Å². The first kappa shape index (κ1) is 16.3. The highest BCUT2D eigenvalue weighted by Gasteiger charge is 2.24. The smallest absolute Gasteiger partial charge is 0.242 e. The van der Waals surface area contributed by atoms with Gasteiger partial charge in [-0.1, -0.05) is 18.2 Å². The van der Waals surface area contributed by atoms with Crippen molar-refractivity contribution in [2.75, 3.05) is 31.1 Å². The van der Waals surface area contributed by atoms with Gasteiger partial charge in [0.1, 0.15) is 6.54 Å². The lowest BCUT2D eigenvalue weighted by Gasteiger charge is -2.35. The molecule has 3 aromatic rings. The average Bonchev–Trinajstić information content (AvgIpc) is 3.35. The van der Waals surface area contributed by atoms with Gasteiger partial charge in [-0.15, -0.1) is 5.10 Å². The largest absolute Gasteiger partial charge is 0.352 e. The third-order valence-electron chi connectivity index (χ3n) is 5.75. The molecule has 1 aliphatic heterocycles. The van der Waals surface area contributed by atoms with Gasteiger partial charge in [0.15, 0.2) is 5.82 Å². The summed E-state index contributed by atoms with van der Waals surface area (Å²) in [5.74, 6) is 1.13. The van der Waals surface area contributed by atoms with Crippen molar-refractivity contribution in [2.45, 2.75) is 25.8 Å². The van der Waals surface area contributed by atoms with Crippen LogP contribution in [0, 0.1) is 0 Å². The number of nitrogens with zero attached hydrogens (tertiary/aromatic N) is 5. The van der Waals surface area contributed by atoms with Crippen LogP contribution in [-0.4, -0.2) is 51.8 Å². The molecule has 1 aliphatic carbocycles. The van der Waals surface area contributed by atoms with Crippen LogP contribution in [-0.2, 0) is 24.2 Å². The molecule has 1 amide bonds. The quantitative estimate of drug-likeness (QED) is 0.718. The number of rotatable bonds is 3. The van der Waals surface area contributed by atoms with Gasteiger partial charge in [-0.3, -0.25) is 4.79 Å². The third kappa shape index (κ3) is 3.05. The van der Waals surface area contributed by atoms with Gasteiger partial charge in [0.05, 0.1) is 5.69 Å². The fraction of sp³-hybridized carbons (Fsp3) is 0.381. The molecule has 1 aromatic carbocycles. The summed E-state index contributed by atoms with van der Waals surface area (Å²) in [6, 6.07) is 12.4. The van der Waals surface area contributed by atoms with Crippen molar-refractivity contribution < 1.29 is 4.79 Å². The van der Waals surface area contributed by atoms with Gasteiger partial charge < -0.3 is 14.4 Å². The van der Waals surface area contributed by atoms with E-state index in [2.05, 4.69) is 39.4 Å². The molecule has 0 radical (unpaired) electrons. The predicted molar refractivity (Wildman–Crippen MR) is 105 cm³/mol. The second-order valence-corrected chi connectivity index (χ2v) is 7.40. The topological polar surface area (TPSA) is 54.3 Å². The molecular formula is C21H23N5O. The Morgan fingerprint density at radius 2 is 1.85 bits per heavy atom. The number of anilines is 1. The van der Waals surface area contributed by atoms with Gasteiger partial charge in [0, 0.05) is 37.9 Å². The Labute approximate surface area is 158 Å². The molecule has 6 heteroatoms. The van der Waals surface area contributed by atoms with Gasteiger partial charge in [-0.2, -0.15) is 5.10 Å².